The Morgan fingerprint density at radius 2 is 2.00 bits per heavy atom. The number of aryl methyl sites for hydroxylation is 1. The molecule has 1 aliphatic heterocycles. The van der Waals surface area contributed by atoms with Crippen molar-refractivity contribution in [3.63, 3.8) is 0 Å². The molecule has 0 radical (unpaired) electrons. The van der Waals surface area contributed by atoms with Crippen molar-refractivity contribution >= 4 is 21.4 Å². The summed E-state index contributed by atoms with van der Waals surface area (Å²) in [6.45, 7) is 10.4. The molecule has 7 heteroatoms. The van der Waals surface area contributed by atoms with Gasteiger partial charge in [0, 0.05) is 30.1 Å². The number of thiophene rings is 1. The third-order valence-electron chi connectivity index (χ3n) is 4.20. The highest BCUT2D eigenvalue weighted by Crippen LogP contribution is 2.21. The van der Waals surface area contributed by atoms with Gasteiger partial charge in [0.25, 0.3) is 0 Å². The number of rotatable bonds is 7. The average Bonchev–Trinajstić information content (AvgIpc) is 2.96. The van der Waals surface area contributed by atoms with Gasteiger partial charge in [0.05, 0.1) is 18.0 Å². The molecule has 5 nitrogen and oxygen atoms in total. The second-order valence-corrected chi connectivity index (χ2v) is 9.90. The Morgan fingerprint density at radius 1 is 1.35 bits per heavy atom. The number of ether oxygens (including phenoxy) is 1. The summed E-state index contributed by atoms with van der Waals surface area (Å²) >= 11 is 1.60. The van der Waals surface area contributed by atoms with Crippen molar-refractivity contribution in [2.75, 3.05) is 25.4 Å². The fourth-order valence-electron chi connectivity index (χ4n) is 2.83. The summed E-state index contributed by atoms with van der Waals surface area (Å²) < 4.78 is 33.0. The molecule has 0 aliphatic carbocycles. The van der Waals surface area contributed by atoms with Crippen LogP contribution in [0.5, 0.6) is 0 Å². The van der Waals surface area contributed by atoms with Gasteiger partial charge in [-0.05, 0) is 45.6 Å². The SMILES string of the molecule is C[C@H]1CN(C(C)(C)CNS(=O)(=O)CCc2cccs2)C[C@H](C)O1. The lowest BCUT2D eigenvalue weighted by atomic mass is 10.0. The molecule has 1 aliphatic rings. The van der Waals surface area contributed by atoms with Gasteiger partial charge in [0.2, 0.25) is 10.0 Å². The van der Waals surface area contributed by atoms with E-state index >= 15 is 0 Å². The molecular weight excluding hydrogens is 332 g/mol. The largest absolute Gasteiger partial charge is 0.373 e. The molecule has 1 aromatic heterocycles. The van der Waals surface area contributed by atoms with Crippen LogP contribution in [0.4, 0.5) is 0 Å². The molecule has 0 bridgehead atoms. The van der Waals surface area contributed by atoms with Gasteiger partial charge in [-0.15, -0.1) is 11.3 Å². The van der Waals surface area contributed by atoms with Crippen LogP contribution in [0.1, 0.15) is 32.6 Å². The maximum Gasteiger partial charge on any atom is 0.212 e. The minimum absolute atomic E-state index is 0.138. The van der Waals surface area contributed by atoms with E-state index in [4.69, 9.17) is 4.74 Å². The first kappa shape index (κ1) is 18.9. The minimum atomic E-state index is -3.26. The van der Waals surface area contributed by atoms with Gasteiger partial charge in [-0.1, -0.05) is 6.07 Å². The minimum Gasteiger partial charge on any atom is -0.373 e. The van der Waals surface area contributed by atoms with E-state index in [9.17, 15) is 8.42 Å². The van der Waals surface area contributed by atoms with Crippen LogP contribution in [-0.4, -0.2) is 56.5 Å². The summed E-state index contributed by atoms with van der Waals surface area (Å²) in [6, 6.07) is 3.92. The molecule has 1 saturated heterocycles. The van der Waals surface area contributed by atoms with Gasteiger partial charge in [-0.25, -0.2) is 13.1 Å². The Hall–Kier alpha value is -0.470. The van der Waals surface area contributed by atoms with Crippen LogP contribution in [0, 0.1) is 0 Å². The summed E-state index contributed by atoms with van der Waals surface area (Å²) in [6.07, 6.45) is 0.918. The number of nitrogens with one attached hydrogen (secondary N) is 1. The molecule has 132 valence electrons. The van der Waals surface area contributed by atoms with Gasteiger partial charge in [0.15, 0.2) is 0 Å². The highest BCUT2D eigenvalue weighted by molar-refractivity contribution is 7.89. The lowest BCUT2D eigenvalue weighted by molar-refractivity contribution is -0.0945. The van der Waals surface area contributed by atoms with Crippen LogP contribution in [0.2, 0.25) is 0 Å². The van der Waals surface area contributed by atoms with E-state index in [1.165, 1.54) is 0 Å². The van der Waals surface area contributed by atoms with Gasteiger partial charge >= 0.3 is 0 Å². The summed E-state index contributed by atoms with van der Waals surface area (Å²) in [4.78, 5) is 3.42. The first-order valence-electron chi connectivity index (χ1n) is 8.08. The molecule has 0 aromatic carbocycles. The van der Waals surface area contributed by atoms with Gasteiger partial charge < -0.3 is 4.74 Å². The van der Waals surface area contributed by atoms with E-state index in [2.05, 4.69) is 37.3 Å². The third kappa shape index (κ3) is 5.83. The van der Waals surface area contributed by atoms with Crippen molar-refractivity contribution in [3.8, 4) is 0 Å². The molecule has 1 fully saturated rings. The molecule has 0 unspecified atom stereocenters. The quantitative estimate of drug-likeness (QED) is 0.809. The Kier molecular flexibility index (Phi) is 6.24. The maximum atomic E-state index is 12.2. The zero-order chi connectivity index (χ0) is 17.1. The molecule has 2 rings (SSSR count). The lowest BCUT2D eigenvalue weighted by Crippen LogP contribution is -2.58. The zero-order valence-corrected chi connectivity index (χ0v) is 16.0. The van der Waals surface area contributed by atoms with E-state index in [1.807, 2.05) is 17.5 Å². The van der Waals surface area contributed by atoms with Crippen LogP contribution < -0.4 is 4.72 Å². The number of hydrogen-bond acceptors (Lipinski definition) is 5. The van der Waals surface area contributed by atoms with Crippen molar-refractivity contribution in [2.24, 2.45) is 0 Å². The van der Waals surface area contributed by atoms with Crippen molar-refractivity contribution in [3.05, 3.63) is 22.4 Å². The number of sulfonamides is 1. The highest BCUT2D eigenvalue weighted by atomic mass is 32.2. The molecule has 23 heavy (non-hydrogen) atoms. The van der Waals surface area contributed by atoms with Crippen LogP contribution >= 0.6 is 11.3 Å². The molecule has 0 spiro atoms. The van der Waals surface area contributed by atoms with Crippen LogP contribution in [-0.2, 0) is 21.2 Å². The summed E-state index contributed by atoms with van der Waals surface area (Å²) in [7, 11) is -3.26. The Bertz CT molecular complexity index is 574. The molecule has 1 N–H and O–H groups in total. The van der Waals surface area contributed by atoms with Crippen molar-refractivity contribution < 1.29 is 13.2 Å². The second kappa shape index (κ2) is 7.61. The number of hydrogen-bond donors (Lipinski definition) is 1. The van der Waals surface area contributed by atoms with Crippen molar-refractivity contribution in [2.45, 2.75) is 51.9 Å². The summed E-state index contributed by atoms with van der Waals surface area (Å²) in [5.41, 5.74) is -0.234. The van der Waals surface area contributed by atoms with Gasteiger partial charge in [-0.2, -0.15) is 0 Å². The molecule has 2 atom stereocenters. The van der Waals surface area contributed by atoms with Crippen molar-refractivity contribution in [1.29, 1.82) is 0 Å². The van der Waals surface area contributed by atoms with Crippen LogP contribution in [0.3, 0.4) is 0 Å². The topological polar surface area (TPSA) is 58.6 Å². The second-order valence-electron chi connectivity index (χ2n) is 6.94. The molecule has 0 saturated carbocycles. The molecule has 2 heterocycles. The number of nitrogens with zero attached hydrogens (tertiary/aromatic N) is 1. The molecule has 0 amide bonds. The fourth-order valence-corrected chi connectivity index (χ4v) is 4.88. The maximum absolute atomic E-state index is 12.2. The van der Waals surface area contributed by atoms with Gasteiger partial charge in [-0.3, -0.25) is 4.90 Å². The third-order valence-corrected chi connectivity index (χ3v) is 6.46. The Labute approximate surface area is 144 Å². The van der Waals surface area contributed by atoms with Crippen LogP contribution in [0.15, 0.2) is 17.5 Å². The molecule has 1 aromatic rings. The van der Waals surface area contributed by atoms with E-state index in [1.54, 1.807) is 11.3 Å². The van der Waals surface area contributed by atoms with E-state index in [0.717, 1.165) is 18.0 Å². The summed E-state index contributed by atoms with van der Waals surface area (Å²) in [5.74, 6) is 0.138. The molecular formula is C16H28N2O3S2. The van der Waals surface area contributed by atoms with E-state index in [0.29, 0.717) is 13.0 Å². The predicted octanol–water partition coefficient (Wildman–Crippen LogP) is 2.10. The standard InChI is InChI=1S/C16H28N2O3S2/c1-13-10-18(11-14(2)21-13)16(3,4)12-17-23(19,20)9-7-15-6-5-8-22-15/h5-6,8,13-14,17H,7,9-12H2,1-4H3/t13-,14-/m0/s1. The van der Waals surface area contributed by atoms with Gasteiger partial charge in [0.1, 0.15) is 0 Å². The zero-order valence-electron chi connectivity index (χ0n) is 14.4. The highest BCUT2D eigenvalue weighted by Gasteiger charge is 2.33. The monoisotopic (exact) mass is 360 g/mol. The normalized spacial score (nSPS) is 24.0. The number of morpholine rings is 1. The first-order valence-corrected chi connectivity index (χ1v) is 10.6. The summed E-state index contributed by atoms with van der Waals surface area (Å²) in [5, 5.41) is 1.97. The Balaban J connectivity index is 1.87. The smallest absolute Gasteiger partial charge is 0.212 e. The van der Waals surface area contributed by atoms with E-state index < -0.39 is 10.0 Å². The average molecular weight is 361 g/mol. The van der Waals surface area contributed by atoms with Crippen LogP contribution in [0.25, 0.3) is 0 Å². The Morgan fingerprint density at radius 3 is 2.57 bits per heavy atom. The predicted molar refractivity (Wildman–Crippen MR) is 95.5 cm³/mol. The van der Waals surface area contributed by atoms with E-state index in [-0.39, 0.29) is 23.5 Å². The van der Waals surface area contributed by atoms with Crippen molar-refractivity contribution in [1.82, 2.24) is 9.62 Å². The first-order chi connectivity index (χ1) is 10.7. The lowest BCUT2D eigenvalue weighted by Gasteiger charge is -2.45. The fraction of sp³-hybridized carbons (Fsp3) is 0.750.